The van der Waals surface area contributed by atoms with Gasteiger partial charge in [-0.3, -0.25) is 4.79 Å². The van der Waals surface area contributed by atoms with E-state index in [-0.39, 0.29) is 23.5 Å². The van der Waals surface area contributed by atoms with E-state index in [2.05, 4.69) is 10.3 Å². The number of carbonyl (C=O) groups excluding carboxylic acids is 2. The van der Waals surface area contributed by atoms with Crippen molar-refractivity contribution in [2.45, 2.75) is 57.8 Å². The summed E-state index contributed by atoms with van der Waals surface area (Å²) < 4.78 is 16.9. The molecule has 8 nitrogen and oxygen atoms in total. The number of nitrogens with one attached hydrogen (secondary N) is 1. The molecule has 1 unspecified atom stereocenters. The first-order chi connectivity index (χ1) is 15.8. The van der Waals surface area contributed by atoms with Crippen molar-refractivity contribution in [3.63, 3.8) is 0 Å². The first kappa shape index (κ1) is 24.6. The number of aromatic nitrogens is 1. The third kappa shape index (κ3) is 6.28. The van der Waals surface area contributed by atoms with Crippen LogP contribution in [0.25, 0.3) is 0 Å². The van der Waals surface area contributed by atoms with Gasteiger partial charge in [0.05, 0.1) is 7.11 Å². The standard InChI is InChI=1S/C24H29ClN2O6/c1-14(27-23(29)20-21(28)19(31-3)11-12-26-20)24(30)32-15(2)22(16-7-4-5-8-16)33-18-10-6-9-17(25)13-18/h6,9-16,22,28H,4-5,7-8H2,1-3H3,(H,27,29)/t14-,15?,22-/m0/s1. The second-order valence-electron chi connectivity index (χ2n) is 8.13. The van der Waals surface area contributed by atoms with E-state index in [9.17, 15) is 14.7 Å². The van der Waals surface area contributed by atoms with Crippen molar-refractivity contribution in [1.29, 1.82) is 0 Å². The molecule has 1 aliphatic carbocycles. The minimum absolute atomic E-state index is 0.108. The molecule has 0 spiro atoms. The molecule has 1 aromatic carbocycles. The summed E-state index contributed by atoms with van der Waals surface area (Å²) in [5.41, 5.74) is -0.241. The average molecular weight is 477 g/mol. The highest BCUT2D eigenvalue weighted by atomic mass is 35.5. The summed E-state index contributed by atoms with van der Waals surface area (Å²) in [6, 6.07) is 7.58. The van der Waals surface area contributed by atoms with Gasteiger partial charge in [-0.05, 0) is 50.8 Å². The Morgan fingerprint density at radius 1 is 1.21 bits per heavy atom. The van der Waals surface area contributed by atoms with E-state index < -0.39 is 29.8 Å². The van der Waals surface area contributed by atoms with Gasteiger partial charge in [-0.15, -0.1) is 0 Å². The number of halogens is 1. The number of nitrogens with zero attached hydrogens (tertiary/aromatic N) is 1. The number of aromatic hydroxyl groups is 1. The van der Waals surface area contributed by atoms with Gasteiger partial charge in [0, 0.05) is 17.3 Å². The lowest BCUT2D eigenvalue weighted by atomic mass is 9.96. The fraction of sp³-hybridized carbons (Fsp3) is 0.458. The van der Waals surface area contributed by atoms with Gasteiger partial charge in [0.15, 0.2) is 17.2 Å². The Balaban J connectivity index is 1.65. The molecule has 0 saturated heterocycles. The molecule has 3 atom stereocenters. The zero-order chi connectivity index (χ0) is 24.0. The molecule has 3 rings (SSSR count). The van der Waals surface area contributed by atoms with Gasteiger partial charge in [0.25, 0.3) is 5.91 Å². The number of rotatable bonds is 9. The number of esters is 1. The zero-order valence-electron chi connectivity index (χ0n) is 18.9. The summed E-state index contributed by atoms with van der Waals surface area (Å²) >= 11 is 6.09. The van der Waals surface area contributed by atoms with Crippen molar-refractivity contribution in [2.24, 2.45) is 5.92 Å². The van der Waals surface area contributed by atoms with Crippen LogP contribution in [0, 0.1) is 5.92 Å². The second-order valence-corrected chi connectivity index (χ2v) is 8.57. The van der Waals surface area contributed by atoms with Crippen LogP contribution >= 0.6 is 11.6 Å². The maximum absolute atomic E-state index is 12.7. The predicted octanol–water partition coefficient (Wildman–Crippen LogP) is 4.14. The molecule has 1 amide bonds. The van der Waals surface area contributed by atoms with Crippen LogP contribution in [-0.4, -0.2) is 47.3 Å². The van der Waals surface area contributed by atoms with Gasteiger partial charge >= 0.3 is 5.97 Å². The van der Waals surface area contributed by atoms with Crippen molar-refractivity contribution in [3.05, 3.63) is 47.2 Å². The summed E-state index contributed by atoms with van der Waals surface area (Å²) in [6.45, 7) is 3.29. The van der Waals surface area contributed by atoms with Gasteiger partial charge in [-0.1, -0.05) is 30.5 Å². The lowest BCUT2D eigenvalue weighted by Crippen LogP contribution is -2.45. The summed E-state index contributed by atoms with van der Waals surface area (Å²) in [5.74, 6) is -0.765. The van der Waals surface area contributed by atoms with E-state index in [4.69, 9.17) is 25.8 Å². The fourth-order valence-electron chi connectivity index (χ4n) is 4.00. The number of hydrogen-bond acceptors (Lipinski definition) is 7. The van der Waals surface area contributed by atoms with E-state index >= 15 is 0 Å². The van der Waals surface area contributed by atoms with E-state index in [1.165, 1.54) is 26.3 Å². The number of hydrogen-bond donors (Lipinski definition) is 2. The van der Waals surface area contributed by atoms with Gasteiger partial charge in [-0.25, -0.2) is 9.78 Å². The maximum atomic E-state index is 12.7. The van der Waals surface area contributed by atoms with E-state index in [0.717, 1.165) is 25.7 Å². The third-order valence-corrected chi connectivity index (χ3v) is 5.96. The molecule has 1 aromatic heterocycles. The average Bonchev–Trinajstić information content (AvgIpc) is 3.32. The molecule has 1 fully saturated rings. The highest BCUT2D eigenvalue weighted by Crippen LogP contribution is 2.33. The predicted molar refractivity (Wildman–Crippen MR) is 123 cm³/mol. The van der Waals surface area contributed by atoms with Crippen LogP contribution in [0.15, 0.2) is 36.5 Å². The van der Waals surface area contributed by atoms with Gasteiger partial charge in [0.1, 0.15) is 24.0 Å². The molecule has 2 N–H and O–H groups in total. The van der Waals surface area contributed by atoms with Crippen LogP contribution in [-0.2, 0) is 9.53 Å². The van der Waals surface area contributed by atoms with Crippen molar-refractivity contribution in [1.82, 2.24) is 10.3 Å². The van der Waals surface area contributed by atoms with Gasteiger partial charge in [0.2, 0.25) is 0 Å². The summed E-state index contributed by atoms with van der Waals surface area (Å²) in [4.78, 5) is 29.1. The van der Waals surface area contributed by atoms with Gasteiger partial charge < -0.3 is 24.6 Å². The monoisotopic (exact) mass is 476 g/mol. The van der Waals surface area contributed by atoms with Crippen LogP contribution in [0.4, 0.5) is 0 Å². The Morgan fingerprint density at radius 3 is 2.61 bits per heavy atom. The number of amides is 1. The molecule has 0 bridgehead atoms. The molecule has 33 heavy (non-hydrogen) atoms. The normalized spacial score (nSPS) is 16.5. The Morgan fingerprint density at radius 2 is 1.94 bits per heavy atom. The highest BCUT2D eigenvalue weighted by molar-refractivity contribution is 6.30. The number of pyridine rings is 1. The third-order valence-electron chi connectivity index (χ3n) is 5.72. The molecular formula is C24H29ClN2O6. The molecular weight excluding hydrogens is 448 g/mol. The lowest BCUT2D eigenvalue weighted by Gasteiger charge is -2.30. The van der Waals surface area contributed by atoms with Crippen LogP contribution in [0.5, 0.6) is 17.2 Å². The van der Waals surface area contributed by atoms with E-state index in [0.29, 0.717) is 10.8 Å². The Labute approximate surface area is 198 Å². The Hall–Kier alpha value is -3.00. The minimum Gasteiger partial charge on any atom is -0.503 e. The molecule has 178 valence electrons. The van der Waals surface area contributed by atoms with Crippen LogP contribution < -0.4 is 14.8 Å². The molecule has 0 radical (unpaired) electrons. The zero-order valence-corrected chi connectivity index (χ0v) is 19.7. The smallest absolute Gasteiger partial charge is 0.328 e. The minimum atomic E-state index is -0.970. The van der Waals surface area contributed by atoms with Crippen molar-refractivity contribution < 1.29 is 28.9 Å². The molecule has 2 aromatic rings. The number of carbonyl (C=O) groups is 2. The molecule has 0 aliphatic heterocycles. The van der Waals surface area contributed by atoms with Crippen molar-refractivity contribution >= 4 is 23.5 Å². The fourth-order valence-corrected chi connectivity index (χ4v) is 4.18. The largest absolute Gasteiger partial charge is 0.503 e. The lowest BCUT2D eigenvalue weighted by molar-refractivity contribution is -0.156. The number of ether oxygens (including phenoxy) is 3. The van der Waals surface area contributed by atoms with Gasteiger partial charge in [-0.2, -0.15) is 0 Å². The molecule has 1 heterocycles. The second kappa shape index (κ2) is 11.2. The van der Waals surface area contributed by atoms with Crippen LogP contribution in [0.3, 0.4) is 0 Å². The van der Waals surface area contributed by atoms with Crippen LogP contribution in [0.1, 0.15) is 50.0 Å². The Kier molecular flexibility index (Phi) is 8.38. The van der Waals surface area contributed by atoms with Crippen molar-refractivity contribution in [2.75, 3.05) is 7.11 Å². The first-order valence-corrected chi connectivity index (χ1v) is 11.3. The quantitative estimate of drug-likeness (QED) is 0.524. The summed E-state index contributed by atoms with van der Waals surface area (Å²) in [6.07, 6.45) is 4.61. The Bertz CT molecular complexity index is 979. The van der Waals surface area contributed by atoms with Crippen molar-refractivity contribution in [3.8, 4) is 17.2 Å². The first-order valence-electron chi connectivity index (χ1n) is 11.0. The van der Waals surface area contributed by atoms with E-state index in [1.54, 1.807) is 25.1 Å². The van der Waals surface area contributed by atoms with Crippen LogP contribution in [0.2, 0.25) is 5.02 Å². The van der Waals surface area contributed by atoms with E-state index in [1.807, 2.05) is 6.07 Å². The molecule has 1 aliphatic rings. The molecule has 9 heteroatoms. The topological polar surface area (TPSA) is 107 Å². The summed E-state index contributed by atoms with van der Waals surface area (Å²) in [5, 5.41) is 13.2. The SMILES string of the molecule is COc1ccnc(C(=O)N[C@@H](C)C(=O)OC(C)[C@H](Oc2cccc(Cl)c2)C2CCCC2)c1O. The summed E-state index contributed by atoms with van der Waals surface area (Å²) in [7, 11) is 1.37. The maximum Gasteiger partial charge on any atom is 0.328 e. The number of benzene rings is 1. The highest BCUT2D eigenvalue weighted by Gasteiger charge is 2.34. The number of methoxy groups -OCH3 is 1. The molecule has 1 saturated carbocycles.